The van der Waals surface area contributed by atoms with Crippen LogP contribution in [0.4, 0.5) is 0 Å². The smallest absolute Gasteiger partial charge is 0.0649 e. The quantitative estimate of drug-likeness (QED) is 0.508. The van der Waals surface area contributed by atoms with Crippen molar-refractivity contribution in [1.29, 1.82) is 0 Å². The summed E-state index contributed by atoms with van der Waals surface area (Å²) in [6, 6.07) is 0. The maximum Gasteiger partial charge on any atom is 0.0649 e. The fourth-order valence-electron chi connectivity index (χ4n) is 0.235. The van der Waals surface area contributed by atoms with Crippen LogP contribution in [-0.4, -0.2) is 24.9 Å². The molecule has 0 spiro atoms. The zero-order chi connectivity index (χ0) is 9.82. The maximum atomic E-state index is 8.14. The van der Waals surface area contributed by atoms with Crippen molar-refractivity contribution in [1.82, 2.24) is 0 Å². The van der Waals surface area contributed by atoms with Crippen LogP contribution in [0.2, 0.25) is 0 Å². The highest BCUT2D eigenvalue weighted by molar-refractivity contribution is 4.68. The standard InChI is InChI=1S/C6H10O.C4H10O/c1-3-5-7-6-4-2;1-4(2)3-5/h3-4H,1-2,5-6H2;4-5H,3H2,1-2H3. The van der Waals surface area contributed by atoms with Crippen LogP contribution in [0, 0.1) is 5.92 Å². The van der Waals surface area contributed by atoms with Crippen LogP contribution in [0.15, 0.2) is 25.3 Å². The predicted molar refractivity (Wildman–Crippen MR) is 53.1 cm³/mol. The minimum absolute atomic E-state index is 0.306. The third-order valence-corrected chi connectivity index (χ3v) is 0.837. The lowest BCUT2D eigenvalue weighted by molar-refractivity contribution is 0.194. The molecule has 1 N–H and O–H groups in total. The van der Waals surface area contributed by atoms with Crippen molar-refractivity contribution in [2.45, 2.75) is 13.8 Å². The van der Waals surface area contributed by atoms with Crippen LogP contribution in [0.5, 0.6) is 0 Å². The fourth-order valence-corrected chi connectivity index (χ4v) is 0.235. The van der Waals surface area contributed by atoms with E-state index in [1.54, 1.807) is 12.2 Å². The van der Waals surface area contributed by atoms with Crippen molar-refractivity contribution in [2.24, 2.45) is 5.92 Å². The third kappa shape index (κ3) is 22.7. The van der Waals surface area contributed by atoms with Gasteiger partial charge in [0.15, 0.2) is 0 Å². The van der Waals surface area contributed by atoms with E-state index in [0.717, 1.165) is 0 Å². The van der Waals surface area contributed by atoms with Crippen LogP contribution in [0.25, 0.3) is 0 Å². The first-order valence-electron chi connectivity index (χ1n) is 4.09. The van der Waals surface area contributed by atoms with E-state index >= 15 is 0 Å². The molecule has 0 aliphatic rings. The van der Waals surface area contributed by atoms with Gasteiger partial charge in [-0.15, -0.1) is 13.2 Å². The van der Waals surface area contributed by atoms with Gasteiger partial charge in [-0.1, -0.05) is 26.0 Å². The molecular formula is C10H20O2. The molecule has 0 aromatic rings. The molecule has 0 aliphatic carbocycles. The maximum absolute atomic E-state index is 8.14. The molecule has 0 aliphatic heterocycles. The Balaban J connectivity index is 0. The second-order valence-corrected chi connectivity index (χ2v) is 2.69. The summed E-state index contributed by atoms with van der Waals surface area (Å²) in [4.78, 5) is 0. The zero-order valence-electron chi connectivity index (χ0n) is 8.12. The second kappa shape index (κ2) is 13.0. The van der Waals surface area contributed by atoms with E-state index in [1.807, 2.05) is 13.8 Å². The Hall–Kier alpha value is -0.600. The van der Waals surface area contributed by atoms with Crippen molar-refractivity contribution in [3.8, 4) is 0 Å². The Morgan fingerprint density at radius 2 is 1.58 bits per heavy atom. The lowest BCUT2D eigenvalue weighted by Crippen LogP contribution is -1.90. The van der Waals surface area contributed by atoms with E-state index in [9.17, 15) is 0 Å². The number of rotatable bonds is 5. The molecule has 0 aromatic heterocycles. The summed E-state index contributed by atoms with van der Waals surface area (Å²) in [7, 11) is 0. The molecule has 0 bridgehead atoms. The van der Waals surface area contributed by atoms with Gasteiger partial charge in [-0.3, -0.25) is 0 Å². The van der Waals surface area contributed by atoms with E-state index in [1.165, 1.54) is 0 Å². The van der Waals surface area contributed by atoms with Crippen molar-refractivity contribution >= 4 is 0 Å². The van der Waals surface area contributed by atoms with Gasteiger partial charge in [0.2, 0.25) is 0 Å². The molecule has 0 rings (SSSR count). The van der Waals surface area contributed by atoms with Crippen LogP contribution in [-0.2, 0) is 4.74 Å². The molecule has 0 saturated heterocycles. The predicted octanol–water partition coefficient (Wildman–Crippen LogP) is 2.01. The summed E-state index contributed by atoms with van der Waals surface area (Å²) in [6.45, 7) is 12.4. The highest BCUT2D eigenvalue weighted by Crippen LogP contribution is 1.83. The number of ether oxygens (including phenoxy) is 1. The fraction of sp³-hybridized carbons (Fsp3) is 0.600. The molecule has 0 amide bonds. The summed E-state index contributed by atoms with van der Waals surface area (Å²) in [5.41, 5.74) is 0. The molecular weight excluding hydrogens is 152 g/mol. The van der Waals surface area contributed by atoms with Crippen molar-refractivity contribution in [3.63, 3.8) is 0 Å². The Morgan fingerprint density at radius 3 is 1.75 bits per heavy atom. The van der Waals surface area contributed by atoms with Crippen molar-refractivity contribution < 1.29 is 9.84 Å². The first-order chi connectivity index (χ1) is 5.68. The van der Waals surface area contributed by atoms with E-state index in [4.69, 9.17) is 9.84 Å². The average Bonchev–Trinajstić information content (AvgIpc) is 2.07. The highest BCUT2D eigenvalue weighted by Gasteiger charge is 1.81. The summed E-state index contributed by atoms with van der Waals surface area (Å²) < 4.78 is 4.90. The molecule has 0 heterocycles. The number of hydrogen-bond donors (Lipinski definition) is 1. The summed E-state index contributed by atoms with van der Waals surface area (Å²) in [6.07, 6.45) is 3.42. The molecule has 0 saturated carbocycles. The lowest BCUT2D eigenvalue weighted by Gasteiger charge is -1.90. The van der Waals surface area contributed by atoms with Crippen LogP contribution in [0.3, 0.4) is 0 Å². The van der Waals surface area contributed by atoms with E-state index in [-0.39, 0.29) is 0 Å². The van der Waals surface area contributed by atoms with Gasteiger partial charge in [-0.05, 0) is 5.92 Å². The topological polar surface area (TPSA) is 29.5 Å². The van der Waals surface area contributed by atoms with E-state index in [2.05, 4.69) is 13.2 Å². The van der Waals surface area contributed by atoms with Gasteiger partial charge in [0, 0.05) is 6.61 Å². The number of aliphatic hydroxyl groups excluding tert-OH is 1. The zero-order valence-corrected chi connectivity index (χ0v) is 8.12. The van der Waals surface area contributed by atoms with Crippen LogP contribution < -0.4 is 0 Å². The molecule has 72 valence electrons. The van der Waals surface area contributed by atoms with Gasteiger partial charge in [-0.2, -0.15) is 0 Å². The molecule has 0 aromatic carbocycles. The minimum Gasteiger partial charge on any atom is -0.396 e. The van der Waals surface area contributed by atoms with Crippen molar-refractivity contribution in [3.05, 3.63) is 25.3 Å². The molecule has 0 fully saturated rings. The van der Waals surface area contributed by atoms with Gasteiger partial charge in [-0.25, -0.2) is 0 Å². The van der Waals surface area contributed by atoms with Gasteiger partial charge >= 0.3 is 0 Å². The summed E-state index contributed by atoms with van der Waals surface area (Å²) >= 11 is 0. The van der Waals surface area contributed by atoms with Crippen LogP contribution in [0.1, 0.15) is 13.8 Å². The average molecular weight is 172 g/mol. The molecule has 12 heavy (non-hydrogen) atoms. The Kier molecular flexibility index (Phi) is 15.1. The molecule has 0 unspecified atom stereocenters. The SMILES string of the molecule is C=CCOCC=C.CC(C)CO. The first kappa shape index (κ1) is 14.0. The van der Waals surface area contributed by atoms with Crippen molar-refractivity contribution in [2.75, 3.05) is 19.8 Å². The third-order valence-electron chi connectivity index (χ3n) is 0.837. The van der Waals surface area contributed by atoms with Gasteiger partial charge in [0.1, 0.15) is 0 Å². The Bertz CT molecular complexity index is 90.0. The largest absolute Gasteiger partial charge is 0.396 e. The molecule has 0 atom stereocenters. The van der Waals surface area contributed by atoms with Gasteiger partial charge in [0.25, 0.3) is 0 Å². The first-order valence-corrected chi connectivity index (χ1v) is 4.09. The monoisotopic (exact) mass is 172 g/mol. The summed E-state index contributed by atoms with van der Waals surface area (Å²) in [5.74, 6) is 0.440. The van der Waals surface area contributed by atoms with E-state index < -0.39 is 0 Å². The second-order valence-electron chi connectivity index (χ2n) is 2.69. The van der Waals surface area contributed by atoms with Gasteiger partial charge in [0.05, 0.1) is 13.2 Å². The Morgan fingerprint density at radius 1 is 1.25 bits per heavy atom. The normalized spacial score (nSPS) is 8.67. The minimum atomic E-state index is 0.306. The molecule has 2 nitrogen and oxygen atoms in total. The molecule has 0 radical (unpaired) electrons. The highest BCUT2D eigenvalue weighted by atomic mass is 16.5. The Labute approximate surface area is 75.6 Å². The molecule has 2 heteroatoms. The summed E-state index contributed by atoms with van der Waals surface area (Å²) in [5, 5.41) is 8.14. The number of aliphatic hydroxyl groups is 1. The van der Waals surface area contributed by atoms with Gasteiger partial charge < -0.3 is 9.84 Å². The van der Waals surface area contributed by atoms with E-state index in [0.29, 0.717) is 25.7 Å². The number of hydrogen-bond acceptors (Lipinski definition) is 2. The lowest BCUT2D eigenvalue weighted by atomic mass is 10.2. The van der Waals surface area contributed by atoms with Crippen LogP contribution >= 0.6 is 0 Å².